The highest BCUT2D eigenvalue weighted by Gasteiger charge is 2.21. The predicted octanol–water partition coefficient (Wildman–Crippen LogP) is 2.25. The zero-order valence-electron chi connectivity index (χ0n) is 14.1. The summed E-state index contributed by atoms with van der Waals surface area (Å²) in [4.78, 5) is 24.8. The molecule has 1 aliphatic carbocycles. The monoisotopic (exact) mass is 327 g/mol. The number of rotatable bonds is 4. The first-order chi connectivity index (χ1) is 11.5. The molecule has 1 aliphatic rings. The molecule has 0 spiro atoms. The first-order valence-electron chi connectivity index (χ1n) is 8.06. The number of nitrogens with zero attached hydrogens (tertiary/aromatic N) is 2. The minimum absolute atomic E-state index is 0.232. The number of carbonyl (C=O) groups is 1. The summed E-state index contributed by atoms with van der Waals surface area (Å²) in [5.74, 6) is 0.464. The van der Waals surface area contributed by atoms with Gasteiger partial charge in [0.05, 0.1) is 12.8 Å². The molecule has 1 amide bonds. The topological polar surface area (TPSA) is 73.2 Å². The van der Waals surface area contributed by atoms with Crippen LogP contribution in [0.1, 0.15) is 36.2 Å². The molecule has 24 heavy (non-hydrogen) atoms. The lowest BCUT2D eigenvalue weighted by atomic mass is 10.1. The maximum absolute atomic E-state index is 12.5. The predicted molar refractivity (Wildman–Crippen MR) is 91.6 cm³/mol. The third kappa shape index (κ3) is 3.04. The van der Waals surface area contributed by atoms with Crippen molar-refractivity contribution in [2.45, 2.75) is 39.2 Å². The molecule has 0 bridgehead atoms. The highest BCUT2D eigenvalue weighted by Crippen LogP contribution is 2.22. The highest BCUT2D eigenvalue weighted by atomic mass is 16.5. The number of ether oxygens (including phenoxy) is 1. The first-order valence-corrected chi connectivity index (χ1v) is 8.06. The molecule has 0 fully saturated rings. The summed E-state index contributed by atoms with van der Waals surface area (Å²) < 4.78 is 6.44. The molecular weight excluding hydrogens is 306 g/mol. The van der Waals surface area contributed by atoms with E-state index < -0.39 is 6.04 Å². The number of aryl methyl sites for hydroxylation is 3. The van der Waals surface area contributed by atoms with Crippen LogP contribution in [0.15, 0.2) is 29.1 Å². The van der Waals surface area contributed by atoms with E-state index in [0.717, 1.165) is 41.8 Å². The van der Waals surface area contributed by atoms with Gasteiger partial charge in [-0.25, -0.2) is 4.68 Å². The molecular formula is C18H21N3O3. The average Bonchev–Trinajstić information content (AvgIpc) is 3.02. The van der Waals surface area contributed by atoms with Gasteiger partial charge < -0.3 is 10.1 Å². The van der Waals surface area contributed by atoms with Crippen molar-refractivity contribution in [1.82, 2.24) is 9.78 Å². The SMILES string of the molecule is COc1ccc(NC(=O)C(C)n2nc3c(cc2=O)CCC3)c(C)c1. The molecule has 0 radical (unpaired) electrons. The van der Waals surface area contributed by atoms with Crippen LogP contribution in [0.2, 0.25) is 0 Å². The zero-order valence-corrected chi connectivity index (χ0v) is 14.1. The Morgan fingerprint density at radius 2 is 2.12 bits per heavy atom. The summed E-state index contributed by atoms with van der Waals surface area (Å²) in [5, 5.41) is 7.25. The van der Waals surface area contributed by atoms with Gasteiger partial charge in [0.25, 0.3) is 5.56 Å². The lowest BCUT2D eigenvalue weighted by molar-refractivity contribution is -0.119. The van der Waals surface area contributed by atoms with Gasteiger partial charge in [-0.15, -0.1) is 0 Å². The van der Waals surface area contributed by atoms with E-state index in [0.29, 0.717) is 5.69 Å². The van der Waals surface area contributed by atoms with Crippen LogP contribution in [0.25, 0.3) is 0 Å². The molecule has 1 aromatic heterocycles. The molecule has 1 unspecified atom stereocenters. The third-order valence-electron chi connectivity index (χ3n) is 4.42. The Morgan fingerprint density at radius 3 is 2.83 bits per heavy atom. The standard InChI is InChI=1S/C18H21N3O3/c1-11-9-14(24-3)7-8-15(11)19-18(23)12(2)21-17(22)10-13-5-4-6-16(13)20-21/h7-10,12H,4-6H2,1-3H3,(H,19,23). The van der Waals surface area contributed by atoms with E-state index in [1.165, 1.54) is 4.68 Å². The van der Waals surface area contributed by atoms with Crippen molar-refractivity contribution in [2.75, 3.05) is 12.4 Å². The fourth-order valence-electron chi connectivity index (χ4n) is 2.94. The Labute approximate surface area is 140 Å². The summed E-state index contributed by atoms with van der Waals surface area (Å²) in [7, 11) is 1.60. The Morgan fingerprint density at radius 1 is 1.33 bits per heavy atom. The van der Waals surface area contributed by atoms with Crippen LogP contribution in [0.4, 0.5) is 5.69 Å². The molecule has 0 saturated carbocycles. The van der Waals surface area contributed by atoms with E-state index >= 15 is 0 Å². The number of hydrogen-bond acceptors (Lipinski definition) is 4. The quantitative estimate of drug-likeness (QED) is 0.935. The van der Waals surface area contributed by atoms with E-state index in [2.05, 4.69) is 10.4 Å². The van der Waals surface area contributed by atoms with Gasteiger partial charge in [0.2, 0.25) is 5.91 Å². The second-order valence-electron chi connectivity index (χ2n) is 6.10. The molecule has 6 heteroatoms. The molecule has 1 aromatic carbocycles. The van der Waals surface area contributed by atoms with Crippen LogP contribution < -0.4 is 15.6 Å². The van der Waals surface area contributed by atoms with E-state index in [9.17, 15) is 9.59 Å². The van der Waals surface area contributed by atoms with Crippen molar-refractivity contribution in [3.05, 3.63) is 51.4 Å². The molecule has 0 saturated heterocycles. The van der Waals surface area contributed by atoms with Gasteiger partial charge in [-0.1, -0.05) is 0 Å². The molecule has 3 rings (SSSR count). The van der Waals surface area contributed by atoms with Crippen molar-refractivity contribution < 1.29 is 9.53 Å². The number of amides is 1. The normalized spacial score (nSPS) is 14.1. The smallest absolute Gasteiger partial charge is 0.267 e. The summed E-state index contributed by atoms with van der Waals surface area (Å²) in [6.07, 6.45) is 2.77. The summed E-state index contributed by atoms with van der Waals surface area (Å²) in [6.45, 7) is 3.58. The number of aromatic nitrogens is 2. The highest BCUT2D eigenvalue weighted by molar-refractivity contribution is 5.94. The second kappa shape index (κ2) is 6.47. The number of hydrogen-bond donors (Lipinski definition) is 1. The number of nitrogens with one attached hydrogen (secondary N) is 1. The van der Waals surface area contributed by atoms with Crippen molar-refractivity contribution in [2.24, 2.45) is 0 Å². The van der Waals surface area contributed by atoms with Crippen LogP contribution in [0, 0.1) is 6.92 Å². The number of benzene rings is 1. The lowest BCUT2D eigenvalue weighted by Crippen LogP contribution is -2.34. The summed E-state index contributed by atoms with van der Waals surface area (Å²) in [6, 6.07) is 6.35. The van der Waals surface area contributed by atoms with E-state index in [4.69, 9.17) is 4.74 Å². The van der Waals surface area contributed by atoms with Gasteiger partial charge in [-0.3, -0.25) is 9.59 Å². The van der Waals surface area contributed by atoms with Gasteiger partial charge in [-0.2, -0.15) is 5.10 Å². The molecule has 2 aromatic rings. The van der Waals surface area contributed by atoms with Crippen molar-refractivity contribution in [3.8, 4) is 5.75 Å². The fourth-order valence-corrected chi connectivity index (χ4v) is 2.94. The Kier molecular flexibility index (Phi) is 4.38. The number of fused-ring (bicyclic) bond motifs is 1. The molecule has 1 heterocycles. The Balaban J connectivity index is 1.82. The summed E-state index contributed by atoms with van der Waals surface area (Å²) >= 11 is 0. The fraction of sp³-hybridized carbons (Fsp3) is 0.389. The maximum Gasteiger partial charge on any atom is 0.267 e. The van der Waals surface area contributed by atoms with Gasteiger partial charge in [-0.05, 0) is 62.4 Å². The third-order valence-corrected chi connectivity index (χ3v) is 4.42. The molecule has 0 aliphatic heterocycles. The van der Waals surface area contributed by atoms with Gasteiger partial charge in [0.15, 0.2) is 0 Å². The van der Waals surface area contributed by atoms with Gasteiger partial charge in [0.1, 0.15) is 11.8 Å². The maximum atomic E-state index is 12.5. The minimum Gasteiger partial charge on any atom is -0.497 e. The molecule has 6 nitrogen and oxygen atoms in total. The largest absolute Gasteiger partial charge is 0.497 e. The van der Waals surface area contributed by atoms with Crippen molar-refractivity contribution in [1.29, 1.82) is 0 Å². The van der Waals surface area contributed by atoms with Gasteiger partial charge >= 0.3 is 0 Å². The molecule has 1 atom stereocenters. The van der Waals surface area contributed by atoms with Gasteiger partial charge in [0, 0.05) is 11.8 Å². The lowest BCUT2D eigenvalue weighted by Gasteiger charge is -2.16. The van der Waals surface area contributed by atoms with Crippen LogP contribution in [0.5, 0.6) is 5.75 Å². The first kappa shape index (κ1) is 16.2. The number of carbonyl (C=O) groups excluding carboxylic acids is 1. The van der Waals surface area contributed by atoms with Crippen LogP contribution in [-0.4, -0.2) is 22.8 Å². The Hall–Kier alpha value is -2.63. The zero-order chi connectivity index (χ0) is 17.3. The van der Waals surface area contributed by atoms with E-state index in [-0.39, 0.29) is 11.5 Å². The van der Waals surface area contributed by atoms with E-state index in [1.807, 2.05) is 13.0 Å². The Bertz CT molecular complexity index is 842. The van der Waals surface area contributed by atoms with Crippen molar-refractivity contribution >= 4 is 11.6 Å². The van der Waals surface area contributed by atoms with E-state index in [1.54, 1.807) is 32.2 Å². The van der Waals surface area contributed by atoms with Crippen LogP contribution >= 0.6 is 0 Å². The minimum atomic E-state index is -0.676. The molecule has 1 N–H and O–H groups in total. The van der Waals surface area contributed by atoms with Crippen LogP contribution in [-0.2, 0) is 17.6 Å². The van der Waals surface area contributed by atoms with Crippen molar-refractivity contribution in [3.63, 3.8) is 0 Å². The number of anilines is 1. The van der Waals surface area contributed by atoms with Crippen LogP contribution in [0.3, 0.4) is 0 Å². The number of methoxy groups -OCH3 is 1. The summed E-state index contributed by atoms with van der Waals surface area (Å²) in [5.41, 5.74) is 3.29. The average molecular weight is 327 g/mol. The molecule has 126 valence electrons. The second-order valence-corrected chi connectivity index (χ2v) is 6.10.